The van der Waals surface area contributed by atoms with Crippen LogP contribution in [0, 0.1) is 5.92 Å². The molecule has 2 heterocycles. The number of hydrogen-bond donors (Lipinski definition) is 1. The lowest BCUT2D eigenvalue weighted by atomic mass is 9.86. The number of rotatable bonds is 3. The van der Waals surface area contributed by atoms with Gasteiger partial charge in [0.05, 0.1) is 11.4 Å². The fraction of sp³-hybridized carbons (Fsp3) is 0.562. The van der Waals surface area contributed by atoms with Crippen LogP contribution in [0.2, 0.25) is 0 Å². The molecule has 1 saturated carbocycles. The van der Waals surface area contributed by atoms with Crippen molar-refractivity contribution in [1.82, 2.24) is 10.3 Å². The molecule has 1 aliphatic carbocycles. The molecule has 2 aliphatic rings. The molecule has 22 heavy (non-hydrogen) atoms. The largest absolute Gasteiger partial charge is 0.352 e. The highest BCUT2D eigenvalue weighted by Gasteiger charge is 2.29. The summed E-state index contributed by atoms with van der Waals surface area (Å²) in [6.45, 7) is 2.27. The molecule has 2 amide bonds. The van der Waals surface area contributed by atoms with E-state index < -0.39 is 0 Å². The highest BCUT2D eigenvalue weighted by molar-refractivity contribution is 8.00. The molecule has 118 valence electrons. The van der Waals surface area contributed by atoms with Gasteiger partial charge in [-0.05, 0) is 30.9 Å². The minimum atomic E-state index is -0.0752. The van der Waals surface area contributed by atoms with Crippen molar-refractivity contribution in [2.24, 2.45) is 5.92 Å². The maximum absolute atomic E-state index is 12.3. The Balaban J connectivity index is 1.67. The molecule has 5 nitrogen and oxygen atoms in total. The summed E-state index contributed by atoms with van der Waals surface area (Å²) < 4.78 is 0. The fourth-order valence-corrected chi connectivity index (χ4v) is 4.02. The van der Waals surface area contributed by atoms with Gasteiger partial charge >= 0.3 is 0 Å². The first-order valence-corrected chi connectivity index (χ1v) is 8.81. The first kappa shape index (κ1) is 15.3. The van der Waals surface area contributed by atoms with E-state index in [0.717, 1.165) is 23.6 Å². The third-order valence-electron chi connectivity index (χ3n) is 4.43. The number of aromatic nitrogens is 1. The van der Waals surface area contributed by atoms with Gasteiger partial charge in [0.2, 0.25) is 11.8 Å². The molecule has 0 radical (unpaired) electrons. The first-order chi connectivity index (χ1) is 10.6. The Morgan fingerprint density at radius 1 is 1.45 bits per heavy atom. The third-order valence-corrected chi connectivity index (χ3v) is 5.41. The quantitative estimate of drug-likeness (QED) is 0.928. The smallest absolute Gasteiger partial charge is 0.240 e. The van der Waals surface area contributed by atoms with Gasteiger partial charge in [-0.3, -0.25) is 14.5 Å². The molecule has 0 spiro atoms. The summed E-state index contributed by atoms with van der Waals surface area (Å²) in [6, 6.07) is 3.89. The summed E-state index contributed by atoms with van der Waals surface area (Å²) in [7, 11) is 0. The van der Waals surface area contributed by atoms with Gasteiger partial charge in [0.1, 0.15) is 11.6 Å². The predicted molar refractivity (Wildman–Crippen MR) is 86.9 cm³/mol. The number of carbonyl (C=O) groups is 2. The van der Waals surface area contributed by atoms with Crippen LogP contribution in [-0.2, 0) is 9.59 Å². The van der Waals surface area contributed by atoms with Crippen LogP contribution < -0.4 is 10.2 Å². The zero-order chi connectivity index (χ0) is 15.5. The topological polar surface area (TPSA) is 62.3 Å². The minimum Gasteiger partial charge on any atom is -0.352 e. The number of carbonyl (C=O) groups excluding carboxylic acids is 2. The number of nitrogens with one attached hydrogen (secondary N) is 1. The highest BCUT2D eigenvalue weighted by atomic mass is 32.2. The summed E-state index contributed by atoms with van der Waals surface area (Å²) in [5.74, 6) is 0.752. The second kappa shape index (κ2) is 6.69. The Morgan fingerprint density at radius 2 is 2.27 bits per heavy atom. The standard InChI is InChI=1S/C16H21N3O2S/c1-11-5-2-3-6-12(11)18-14(20)9-19-13-7-4-8-17-16(13)22-10-15(19)21/h4,7-8,11-12H,2-3,5-6,9-10H2,1H3,(H,18,20)/t11-,12+/m0/s1. The number of fused-ring (bicyclic) bond motifs is 1. The van der Waals surface area contributed by atoms with Crippen LogP contribution in [0.4, 0.5) is 5.69 Å². The Kier molecular flexibility index (Phi) is 4.66. The molecule has 0 aromatic carbocycles. The Morgan fingerprint density at radius 3 is 3.09 bits per heavy atom. The molecule has 2 atom stereocenters. The van der Waals surface area contributed by atoms with Crippen LogP contribution >= 0.6 is 11.8 Å². The van der Waals surface area contributed by atoms with E-state index in [2.05, 4.69) is 17.2 Å². The van der Waals surface area contributed by atoms with Crippen LogP contribution in [0.1, 0.15) is 32.6 Å². The van der Waals surface area contributed by atoms with Crippen molar-refractivity contribution in [2.45, 2.75) is 43.7 Å². The zero-order valence-corrected chi connectivity index (χ0v) is 13.6. The van der Waals surface area contributed by atoms with Crippen molar-refractivity contribution in [2.75, 3.05) is 17.2 Å². The van der Waals surface area contributed by atoms with Gasteiger partial charge in [0.25, 0.3) is 0 Å². The number of hydrogen-bond acceptors (Lipinski definition) is 4. The van der Waals surface area contributed by atoms with Gasteiger partial charge in [-0.2, -0.15) is 0 Å². The van der Waals surface area contributed by atoms with Crippen molar-refractivity contribution in [3.05, 3.63) is 18.3 Å². The van der Waals surface area contributed by atoms with E-state index in [9.17, 15) is 9.59 Å². The van der Waals surface area contributed by atoms with E-state index in [4.69, 9.17) is 0 Å². The lowest BCUT2D eigenvalue weighted by Gasteiger charge is -2.31. The van der Waals surface area contributed by atoms with Crippen molar-refractivity contribution in [3.63, 3.8) is 0 Å². The predicted octanol–water partition coefficient (Wildman–Crippen LogP) is 2.22. The summed E-state index contributed by atoms with van der Waals surface area (Å²) in [5.41, 5.74) is 0.746. The van der Waals surface area contributed by atoms with Gasteiger partial charge in [0, 0.05) is 12.2 Å². The lowest BCUT2D eigenvalue weighted by Crippen LogP contribution is -2.48. The highest BCUT2D eigenvalue weighted by Crippen LogP contribution is 2.32. The molecular weight excluding hydrogens is 298 g/mol. The maximum atomic E-state index is 12.3. The van der Waals surface area contributed by atoms with Crippen LogP contribution in [-0.4, -0.2) is 35.1 Å². The minimum absolute atomic E-state index is 0.0302. The van der Waals surface area contributed by atoms with E-state index in [1.807, 2.05) is 6.07 Å². The molecule has 3 rings (SSSR count). The number of thioether (sulfide) groups is 1. The molecule has 1 fully saturated rings. The molecule has 1 aliphatic heterocycles. The number of nitrogens with zero attached hydrogens (tertiary/aromatic N) is 2. The van der Waals surface area contributed by atoms with Crippen molar-refractivity contribution in [3.8, 4) is 0 Å². The van der Waals surface area contributed by atoms with E-state index in [1.165, 1.54) is 24.6 Å². The van der Waals surface area contributed by atoms with E-state index in [1.54, 1.807) is 17.2 Å². The van der Waals surface area contributed by atoms with Gasteiger partial charge in [-0.15, -0.1) is 0 Å². The molecule has 1 aromatic heterocycles. The monoisotopic (exact) mass is 319 g/mol. The van der Waals surface area contributed by atoms with Crippen LogP contribution in [0.5, 0.6) is 0 Å². The summed E-state index contributed by atoms with van der Waals surface area (Å²) >= 11 is 1.43. The molecule has 0 unspecified atom stereocenters. The molecular formula is C16H21N3O2S. The molecule has 1 N–H and O–H groups in total. The summed E-state index contributed by atoms with van der Waals surface area (Å²) in [6.07, 6.45) is 6.32. The Bertz CT molecular complexity index is 578. The average Bonchev–Trinajstić information content (AvgIpc) is 2.52. The van der Waals surface area contributed by atoms with Gasteiger partial charge in [-0.25, -0.2) is 4.98 Å². The van der Waals surface area contributed by atoms with Crippen LogP contribution in [0.3, 0.4) is 0 Å². The normalized spacial score (nSPS) is 24.8. The third kappa shape index (κ3) is 3.27. The van der Waals surface area contributed by atoms with Gasteiger partial charge < -0.3 is 5.32 Å². The van der Waals surface area contributed by atoms with Crippen molar-refractivity contribution >= 4 is 29.3 Å². The van der Waals surface area contributed by atoms with Crippen LogP contribution in [0.15, 0.2) is 23.4 Å². The zero-order valence-electron chi connectivity index (χ0n) is 12.7. The molecule has 0 saturated heterocycles. The van der Waals surface area contributed by atoms with E-state index >= 15 is 0 Å². The summed E-state index contributed by atoms with van der Waals surface area (Å²) in [5, 5.41) is 3.93. The van der Waals surface area contributed by atoms with Crippen molar-refractivity contribution < 1.29 is 9.59 Å². The van der Waals surface area contributed by atoms with Gasteiger partial charge in [-0.1, -0.05) is 31.5 Å². The number of pyridine rings is 1. The second-order valence-electron chi connectivity index (χ2n) is 6.03. The maximum Gasteiger partial charge on any atom is 0.240 e. The molecule has 0 bridgehead atoms. The SMILES string of the molecule is C[C@H]1CCCC[C@H]1NC(=O)CN1C(=O)CSc2ncccc21. The van der Waals surface area contributed by atoms with Gasteiger partial charge in [0.15, 0.2) is 0 Å². The molecule has 6 heteroatoms. The van der Waals surface area contributed by atoms with Crippen molar-refractivity contribution in [1.29, 1.82) is 0 Å². The summed E-state index contributed by atoms with van der Waals surface area (Å²) in [4.78, 5) is 30.3. The fourth-order valence-electron chi connectivity index (χ4n) is 3.14. The van der Waals surface area contributed by atoms with Crippen LogP contribution in [0.25, 0.3) is 0 Å². The lowest BCUT2D eigenvalue weighted by molar-refractivity contribution is -0.123. The number of amides is 2. The average molecular weight is 319 g/mol. The number of anilines is 1. The first-order valence-electron chi connectivity index (χ1n) is 7.82. The molecule has 1 aromatic rings. The second-order valence-corrected chi connectivity index (χ2v) is 7.00. The van der Waals surface area contributed by atoms with E-state index in [0.29, 0.717) is 11.7 Å². The Labute approximate surface area is 134 Å². The Hall–Kier alpha value is -1.56. The van der Waals surface area contributed by atoms with E-state index in [-0.39, 0.29) is 24.4 Å².